The van der Waals surface area contributed by atoms with Crippen molar-refractivity contribution >= 4 is 0 Å². The smallest absolute Gasteiger partial charge is 0.233 e. The third-order valence-electron chi connectivity index (χ3n) is 3.95. The van der Waals surface area contributed by atoms with Crippen LogP contribution in [-0.4, -0.2) is 16.7 Å². The highest BCUT2D eigenvalue weighted by molar-refractivity contribution is 5.34. The molecule has 3 rings (SSSR count). The first kappa shape index (κ1) is 12.4. The number of fused-ring (bicyclic) bond motifs is 1. The van der Waals surface area contributed by atoms with E-state index >= 15 is 0 Å². The maximum atomic E-state index is 5.74. The Balaban J connectivity index is 1.83. The summed E-state index contributed by atoms with van der Waals surface area (Å²) in [5.74, 6) is 1.79. The van der Waals surface area contributed by atoms with Crippen molar-refractivity contribution in [2.75, 3.05) is 6.54 Å². The molecule has 4 nitrogen and oxygen atoms in total. The zero-order valence-corrected chi connectivity index (χ0v) is 11.4. The van der Waals surface area contributed by atoms with Crippen LogP contribution in [0.3, 0.4) is 0 Å². The number of nitrogens with zero attached hydrogens (tertiary/aromatic N) is 2. The second-order valence-electron chi connectivity index (χ2n) is 5.92. The second kappa shape index (κ2) is 4.46. The largest absolute Gasteiger partial charge is 0.339 e. The van der Waals surface area contributed by atoms with Gasteiger partial charge in [-0.05, 0) is 37.8 Å². The van der Waals surface area contributed by atoms with E-state index in [1.807, 2.05) is 13.8 Å². The Hall–Kier alpha value is -1.68. The molecule has 0 radical (unpaired) electrons. The van der Waals surface area contributed by atoms with Gasteiger partial charge in [0, 0.05) is 12.5 Å². The lowest BCUT2D eigenvalue weighted by Gasteiger charge is -2.15. The highest BCUT2D eigenvalue weighted by Gasteiger charge is 2.30. The van der Waals surface area contributed by atoms with Crippen LogP contribution in [0.15, 0.2) is 28.8 Å². The number of benzene rings is 1. The van der Waals surface area contributed by atoms with Crippen LogP contribution in [-0.2, 0) is 18.3 Å². The lowest BCUT2D eigenvalue weighted by atomic mass is 9.94. The number of rotatable bonds is 3. The van der Waals surface area contributed by atoms with Crippen LogP contribution >= 0.6 is 0 Å². The summed E-state index contributed by atoms with van der Waals surface area (Å²) < 4.78 is 5.39. The van der Waals surface area contributed by atoms with Crippen molar-refractivity contribution in [1.82, 2.24) is 10.1 Å². The topological polar surface area (TPSA) is 64.9 Å². The van der Waals surface area contributed by atoms with Gasteiger partial charge in [0.25, 0.3) is 0 Å². The minimum absolute atomic E-state index is 0.253. The maximum absolute atomic E-state index is 5.74. The predicted octanol–water partition coefficient (Wildman–Crippen LogP) is 2.19. The fourth-order valence-corrected chi connectivity index (χ4v) is 2.50. The van der Waals surface area contributed by atoms with Gasteiger partial charge >= 0.3 is 0 Å². The zero-order valence-electron chi connectivity index (χ0n) is 11.4. The molecular formula is C15H19N3O. The predicted molar refractivity (Wildman–Crippen MR) is 73.0 cm³/mol. The van der Waals surface area contributed by atoms with Crippen molar-refractivity contribution in [2.24, 2.45) is 5.73 Å². The average molecular weight is 257 g/mol. The van der Waals surface area contributed by atoms with Crippen LogP contribution in [0.5, 0.6) is 0 Å². The monoisotopic (exact) mass is 257 g/mol. The first-order valence-corrected chi connectivity index (χ1v) is 6.71. The van der Waals surface area contributed by atoms with Gasteiger partial charge < -0.3 is 10.3 Å². The average Bonchev–Trinajstić information content (AvgIpc) is 3.05. The lowest BCUT2D eigenvalue weighted by molar-refractivity contribution is 0.308. The van der Waals surface area contributed by atoms with E-state index in [9.17, 15) is 0 Å². The van der Waals surface area contributed by atoms with Crippen LogP contribution in [0.2, 0.25) is 0 Å². The first-order valence-electron chi connectivity index (χ1n) is 6.71. The molecule has 0 bridgehead atoms. The molecule has 0 unspecified atom stereocenters. The number of hydrogen-bond acceptors (Lipinski definition) is 4. The van der Waals surface area contributed by atoms with Gasteiger partial charge in [-0.1, -0.05) is 29.4 Å². The molecule has 100 valence electrons. The molecule has 1 aliphatic carbocycles. The second-order valence-corrected chi connectivity index (χ2v) is 5.92. The van der Waals surface area contributed by atoms with Crippen molar-refractivity contribution < 1.29 is 4.52 Å². The van der Waals surface area contributed by atoms with E-state index in [2.05, 4.69) is 34.4 Å². The van der Waals surface area contributed by atoms with E-state index in [-0.39, 0.29) is 5.41 Å². The van der Waals surface area contributed by atoms with E-state index in [1.54, 1.807) is 0 Å². The van der Waals surface area contributed by atoms with Crippen molar-refractivity contribution in [1.29, 1.82) is 0 Å². The standard InChI is InChI=1S/C15H19N3O/c1-15(2,9-16)14-17-13(18-19-14)12-7-10-5-3-4-6-11(10)8-12/h3-6,12H,7-9,16H2,1-2H3. The highest BCUT2D eigenvalue weighted by atomic mass is 16.5. The molecule has 0 saturated carbocycles. The summed E-state index contributed by atoms with van der Waals surface area (Å²) in [5, 5.41) is 4.15. The Labute approximate surface area is 113 Å². The van der Waals surface area contributed by atoms with Crippen LogP contribution in [0.1, 0.15) is 42.6 Å². The summed E-state index contributed by atoms with van der Waals surface area (Å²) in [6.45, 7) is 4.54. The molecule has 4 heteroatoms. The van der Waals surface area contributed by atoms with Crippen molar-refractivity contribution in [2.45, 2.75) is 38.0 Å². The van der Waals surface area contributed by atoms with Crippen molar-refractivity contribution in [3.05, 3.63) is 47.1 Å². The molecule has 19 heavy (non-hydrogen) atoms. The Bertz CT molecular complexity index is 564. The minimum atomic E-state index is -0.253. The van der Waals surface area contributed by atoms with Gasteiger partial charge in [-0.2, -0.15) is 4.98 Å². The normalized spacial score (nSPS) is 15.7. The maximum Gasteiger partial charge on any atom is 0.233 e. The zero-order chi connectivity index (χ0) is 13.5. The van der Waals surface area contributed by atoms with Crippen LogP contribution < -0.4 is 5.73 Å². The molecular weight excluding hydrogens is 238 g/mol. The molecule has 1 aromatic heterocycles. The van der Waals surface area contributed by atoms with E-state index in [1.165, 1.54) is 11.1 Å². The van der Waals surface area contributed by atoms with Crippen LogP contribution in [0.4, 0.5) is 0 Å². The molecule has 0 aliphatic heterocycles. The molecule has 1 heterocycles. The van der Waals surface area contributed by atoms with Gasteiger partial charge in [0.2, 0.25) is 5.89 Å². The van der Waals surface area contributed by atoms with Gasteiger partial charge in [-0.15, -0.1) is 0 Å². The Morgan fingerprint density at radius 1 is 1.26 bits per heavy atom. The first-order chi connectivity index (χ1) is 9.10. The number of aromatic nitrogens is 2. The van der Waals surface area contributed by atoms with Crippen LogP contribution in [0.25, 0.3) is 0 Å². The van der Waals surface area contributed by atoms with Crippen LogP contribution in [0, 0.1) is 0 Å². The molecule has 1 aliphatic rings. The van der Waals surface area contributed by atoms with Gasteiger partial charge in [0.15, 0.2) is 5.82 Å². The lowest BCUT2D eigenvalue weighted by Crippen LogP contribution is -2.28. The van der Waals surface area contributed by atoms with Gasteiger partial charge in [-0.25, -0.2) is 0 Å². The molecule has 0 spiro atoms. The summed E-state index contributed by atoms with van der Waals surface area (Å²) in [4.78, 5) is 4.56. The number of nitrogens with two attached hydrogens (primary N) is 1. The Morgan fingerprint density at radius 3 is 2.47 bits per heavy atom. The highest BCUT2D eigenvalue weighted by Crippen LogP contribution is 2.33. The van der Waals surface area contributed by atoms with Crippen molar-refractivity contribution in [3.63, 3.8) is 0 Å². The fourth-order valence-electron chi connectivity index (χ4n) is 2.50. The summed E-state index contributed by atoms with van der Waals surface area (Å²) in [5.41, 5.74) is 8.29. The fraction of sp³-hybridized carbons (Fsp3) is 0.467. The summed E-state index contributed by atoms with van der Waals surface area (Å²) >= 11 is 0. The molecule has 0 atom stereocenters. The number of hydrogen-bond donors (Lipinski definition) is 1. The van der Waals surface area contributed by atoms with Gasteiger partial charge in [0.05, 0.1) is 5.41 Å². The molecule has 1 aromatic carbocycles. The minimum Gasteiger partial charge on any atom is -0.339 e. The van der Waals surface area contributed by atoms with E-state index in [0.29, 0.717) is 18.4 Å². The molecule has 0 saturated heterocycles. The Kier molecular flexibility index (Phi) is 2.90. The van der Waals surface area contributed by atoms with Gasteiger partial charge in [-0.3, -0.25) is 0 Å². The van der Waals surface area contributed by atoms with Gasteiger partial charge in [0.1, 0.15) is 0 Å². The van der Waals surface area contributed by atoms with E-state index in [0.717, 1.165) is 18.7 Å². The third kappa shape index (κ3) is 2.16. The van der Waals surface area contributed by atoms with Crippen molar-refractivity contribution in [3.8, 4) is 0 Å². The van der Waals surface area contributed by atoms with E-state index < -0.39 is 0 Å². The molecule has 0 amide bonds. The molecule has 2 aromatic rings. The summed E-state index contributed by atoms with van der Waals surface area (Å²) in [6.07, 6.45) is 2.00. The third-order valence-corrected chi connectivity index (χ3v) is 3.95. The Morgan fingerprint density at radius 2 is 1.89 bits per heavy atom. The summed E-state index contributed by atoms with van der Waals surface area (Å²) in [7, 11) is 0. The summed E-state index contributed by atoms with van der Waals surface area (Å²) in [6, 6.07) is 8.53. The molecule has 2 N–H and O–H groups in total. The quantitative estimate of drug-likeness (QED) is 0.915. The molecule has 0 fully saturated rings. The van der Waals surface area contributed by atoms with E-state index in [4.69, 9.17) is 10.3 Å². The SMILES string of the molecule is CC(C)(CN)c1nc(C2Cc3ccccc3C2)no1.